The molecule has 1 fully saturated rings. The molecule has 2 aromatic carbocycles. The number of anilines is 1. The highest BCUT2D eigenvalue weighted by atomic mass is 32.2. The van der Waals surface area contributed by atoms with E-state index in [1.54, 1.807) is 54.6 Å². The SMILES string of the molecule is O=C1NC(Nc2ccccc2F)S/C1=C\c1ccc(-c2ccccc2C(=O)O)o1. The van der Waals surface area contributed by atoms with Gasteiger partial charge in [0.15, 0.2) is 5.50 Å². The highest BCUT2D eigenvalue weighted by molar-refractivity contribution is 8.05. The summed E-state index contributed by atoms with van der Waals surface area (Å²) in [7, 11) is 0. The smallest absolute Gasteiger partial charge is 0.336 e. The summed E-state index contributed by atoms with van der Waals surface area (Å²) >= 11 is 1.20. The van der Waals surface area contributed by atoms with Crippen molar-refractivity contribution in [3.63, 3.8) is 0 Å². The molecule has 0 spiro atoms. The lowest BCUT2D eigenvalue weighted by Crippen LogP contribution is -2.31. The molecule has 29 heavy (non-hydrogen) atoms. The molecule has 0 aliphatic carbocycles. The molecule has 3 N–H and O–H groups in total. The third kappa shape index (κ3) is 4.02. The lowest BCUT2D eigenvalue weighted by atomic mass is 10.1. The van der Waals surface area contributed by atoms with Gasteiger partial charge in [0.05, 0.1) is 16.2 Å². The number of furan rings is 1. The van der Waals surface area contributed by atoms with Crippen LogP contribution in [0.3, 0.4) is 0 Å². The number of amides is 1. The van der Waals surface area contributed by atoms with Gasteiger partial charge in [0.1, 0.15) is 17.3 Å². The van der Waals surface area contributed by atoms with Crippen molar-refractivity contribution in [3.8, 4) is 11.3 Å². The summed E-state index contributed by atoms with van der Waals surface area (Å²) in [6, 6.07) is 16.0. The molecule has 1 atom stereocenters. The fraction of sp³-hybridized carbons (Fsp3) is 0.0476. The van der Waals surface area contributed by atoms with Crippen LogP contribution >= 0.6 is 11.8 Å². The van der Waals surface area contributed by atoms with Gasteiger partial charge in [0, 0.05) is 11.6 Å². The fourth-order valence-corrected chi connectivity index (χ4v) is 3.83. The van der Waals surface area contributed by atoms with Crippen molar-refractivity contribution >= 4 is 35.4 Å². The average molecular weight is 410 g/mol. The van der Waals surface area contributed by atoms with Crippen LogP contribution in [-0.4, -0.2) is 22.5 Å². The summed E-state index contributed by atoms with van der Waals surface area (Å²) in [4.78, 5) is 24.0. The predicted molar refractivity (Wildman–Crippen MR) is 109 cm³/mol. The van der Waals surface area contributed by atoms with Crippen LogP contribution in [0.1, 0.15) is 16.1 Å². The van der Waals surface area contributed by atoms with Gasteiger partial charge < -0.3 is 20.2 Å². The Morgan fingerprint density at radius 1 is 1.14 bits per heavy atom. The number of hydrogen-bond donors (Lipinski definition) is 3. The van der Waals surface area contributed by atoms with E-state index in [4.69, 9.17) is 4.42 Å². The predicted octanol–water partition coefficient (Wildman–Crippen LogP) is 4.38. The molecule has 8 heteroatoms. The van der Waals surface area contributed by atoms with Crippen molar-refractivity contribution in [1.82, 2.24) is 5.32 Å². The van der Waals surface area contributed by atoms with E-state index in [0.717, 1.165) is 0 Å². The number of thioether (sulfide) groups is 1. The molecule has 1 aromatic heterocycles. The molecule has 0 saturated carbocycles. The lowest BCUT2D eigenvalue weighted by Gasteiger charge is -2.12. The summed E-state index contributed by atoms with van der Waals surface area (Å²) in [5.41, 5.74) is 0.348. The van der Waals surface area contributed by atoms with E-state index in [2.05, 4.69) is 10.6 Å². The Balaban J connectivity index is 1.53. The molecular weight excluding hydrogens is 395 g/mol. The van der Waals surface area contributed by atoms with Crippen LogP contribution in [0.4, 0.5) is 10.1 Å². The van der Waals surface area contributed by atoms with Gasteiger partial charge in [0.2, 0.25) is 0 Å². The minimum absolute atomic E-state index is 0.128. The second-order valence-corrected chi connectivity index (χ2v) is 7.30. The molecule has 6 nitrogen and oxygen atoms in total. The van der Waals surface area contributed by atoms with Crippen LogP contribution < -0.4 is 10.6 Å². The Bertz CT molecular complexity index is 1130. The number of hydrogen-bond acceptors (Lipinski definition) is 5. The molecule has 0 bridgehead atoms. The first kappa shape index (κ1) is 18.8. The minimum atomic E-state index is -1.05. The number of carboxylic acid groups (broad SMARTS) is 1. The summed E-state index contributed by atoms with van der Waals surface area (Å²) in [6.45, 7) is 0. The zero-order valence-corrected chi connectivity index (χ0v) is 15.7. The number of carboxylic acids is 1. The van der Waals surface area contributed by atoms with Gasteiger partial charge in [-0.2, -0.15) is 0 Å². The fourth-order valence-electron chi connectivity index (χ4n) is 2.87. The Morgan fingerprint density at radius 2 is 1.90 bits per heavy atom. The maximum Gasteiger partial charge on any atom is 0.336 e. The van der Waals surface area contributed by atoms with E-state index in [1.165, 1.54) is 23.9 Å². The monoisotopic (exact) mass is 410 g/mol. The highest BCUT2D eigenvalue weighted by Crippen LogP contribution is 2.32. The number of para-hydroxylation sites is 1. The van der Waals surface area contributed by atoms with Gasteiger partial charge in [-0.3, -0.25) is 4.79 Å². The van der Waals surface area contributed by atoms with E-state index in [9.17, 15) is 19.1 Å². The molecule has 1 saturated heterocycles. The zero-order chi connectivity index (χ0) is 20.4. The molecule has 3 aromatic rings. The molecule has 1 aliphatic rings. The van der Waals surface area contributed by atoms with E-state index in [1.807, 2.05) is 0 Å². The number of halogens is 1. The number of carbonyl (C=O) groups is 2. The van der Waals surface area contributed by atoms with E-state index in [-0.39, 0.29) is 17.2 Å². The van der Waals surface area contributed by atoms with Gasteiger partial charge in [-0.25, -0.2) is 9.18 Å². The molecule has 1 amide bonds. The second-order valence-electron chi connectivity index (χ2n) is 6.16. The number of nitrogens with one attached hydrogen (secondary N) is 2. The van der Waals surface area contributed by atoms with Crippen molar-refractivity contribution < 1.29 is 23.5 Å². The van der Waals surface area contributed by atoms with Crippen molar-refractivity contribution in [2.75, 3.05) is 5.32 Å². The van der Waals surface area contributed by atoms with Crippen LogP contribution in [0.2, 0.25) is 0 Å². The molecule has 1 unspecified atom stereocenters. The summed E-state index contributed by atoms with van der Waals surface area (Å²) < 4.78 is 19.5. The summed E-state index contributed by atoms with van der Waals surface area (Å²) in [5.74, 6) is -0.978. The van der Waals surface area contributed by atoms with Gasteiger partial charge in [-0.15, -0.1) is 0 Å². The third-order valence-corrected chi connectivity index (χ3v) is 5.24. The van der Waals surface area contributed by atoms with Gasteiger partial charge in [-0.05, 0) is 30.3 Å². The van der Waals surface area contributed by atoms with Crippen LogP contribution in [0.5, 0.6) is 0 Å². The molecule has 0 radical (unpaired) electrons. The molecule has 146 valence electrons. The van der Waals surface area contributed by atoms with E-state index >= 15 is 0 Å². The quantitative estimate of drug-likeness (QED) is 0.541. The van der Waals surface area contributed by atoms with Crippen molar-refractivity contribution in [2.45, 2.75) is 5.50 Å². The van der Waals surface area contributed by atoms with E-state index in [0.29, 0.717) is 22.0 Å². The first-order valence-corrected chi connectivity index (χ1v) is 9.52. The largest absolute Gasteiger partial charge is 0.478 e. The second kappa shape index (κ2) is 7.84. The third-order valence-electron chi connectivity index (χ3n) is 4.21. The topological polar surface area (TPSA) is 91.6 Å². The molecular formula is C21H15FN2O4S. The Labute approximate surface area is 169 Å². The molecule has 1 aliphatic heterocycles. The highest BCUT2D eigenvalue weighted by Gasteiger charge is 2.28. The Hall–Kier alpha value is -3.52. The number of carbonyl (C=O) groups excluding carboxylic acids is 1. The maximum atomic E-state index is 13.8. The number of benzene rings is 2. The average Bonchev–Trinajstić information content (AvgIpc) is 3.30. The normalized spacial score (nSPS) is 17.3. The van der Waals surface area contributed by atoms with Crippen LogP contribution in [0, 0.1) is 5.82 Å². The van der Waals surface area contributed by atoms with Crippen LogP contribution in [0.25, 0.3) is 17.4 Å². The van der Waals surface area contributed by atoms with Gasteiger partial charge in [-0.1, -0.05) is 42.1 Å². The van der Waals surface area contributed by atoms with Crippen LogP contribution in [-0.2, 0) is 4.79 Å². The summed E-state index contributed by atoms with van der Waals surface area (Å²) in [5, 5.41) is 15.0. The standard InChI is InChI=1S/C21H15FN2O4S/c22-15-7-3-4-8-16(15)23-21-24-19(25)18(29-21)11-12-9-10-17(28-12)13-5-1-2-6-14(13)20(26)27/h1-11,21,23H,(H,24,25)(H,26,27)/b18-11-. The number of rotatable bonds is 5. The lowest BCUT2D eigenvalue weighted by molar-refractivity contribution is -0.116. The maximum absolute atomic E-state index is 13.8. The van der Waals surface area contributed by atoms with Gasteiger partial charge in [0.25, 0.3) is 5.91 Å². The number of aromatic carboxylic acids is 1. The summed E-state index contributed by atoms with van der Waals surface area (Å²) in [6.07, 6.45) is 1.57. The first-order valence-electron chi connectivity index (χ1n) is 8.64. The first-order chi connectivity index (χ1) is 14.0. The van der Waals surface area contributed by atoms with Crippen molar-refractivity contribution in [3.05, 3.63) is 82.7 Å². The molecule has 4 rings (SSSR count). The van der Waals surface area contributed by atoms with Crippen molar-refractivity contribution in [1.29, 1.82) is 0 Å². The zero-order valence-electron chi connectivity index (χ0n) is 14.9. The van der Waals surface area contributed by atoms with E-state index < -0.39 is 17.3 Å². The minimum Gasteiger partial charge on any atom is -0.478 e. The van der Waals surface area contributed by atoms with Crippen LogP contribution in [0.15, 0.2) is 70.0 Å². The van der Waals surface area contributed by atoms with Gasteiger partial charge >= 0.3 is 5.97 Å². The molecule has 2 heterocycles. The Morgan fingerprint density at radius 3 is 2.69 bits per heavy atom. The van der Waals surface area contributed by atoms with Crippen molar-refractivity contribution in [2.24, 2.45) is 0 Å². The Kier molecular flexibility index (Phi) is 5.09.